The molecule has 6 heteroatoms. The Hall–Kier alpha value is -0.980. The minimum atomic E-state index is -0.196. The molecule has 3 aliphatic rings. The second-order valence-electron chi connectivity index (χ2n) is 6.80. The molecule has 0 N–H and O–H groups in total. The third kappa shape index (κ3) is 3.05. The highest BCUT2D eigenvalue weighted by Crippen LogP contribution is 2.37. The molecule has 0 unspecified atom stereocenters. The molecule has 0 bridgehead atoms. The van der Waals surface area contributed by atoms with E-state index in [1.165, 1.54) is 24.2 Å². The number of aromatic nitrogens is 1. The number of piperidine rings is 1. The lowest BCUT2D eigenvalue weighted by Crippen LogP contribution is -2.50. The summed E-state index contributed by atoms with van der Waals surface area (Å²) in [5, 5.41) is 1.82. The lowest BCUT2D eigenvalue weighted by molar-refractivity contribution is -0.0465. The van der Waals surface area contributed by atoms with Crippen LogP contribution in [0.25, 0.3) is 0 Å². The Bertz CT molecular complexity index is 532. The lowest BCUT2D eigenvalue weighted by atomic mass is 9.89. The van der Waals surface area contributed by atoms with E-state index in [-0.39, 0.29) is 17.6 Å². The summed E-state index contributed by atoms with van der Waals surface area (Å²) >= 11 is 1.46. The number of hydrogen-bond acceptors (Lipinski definition) is 5. The van der Waals surface area contributed by atoms with Crippen molar-refractivity contribution in [3.05, 3.63) is 16.6 Å². The second kappa shape index (κ2) is 5.91. The molecule has 5 nitrogen and oxygen atoms in total. The summed E-state index contributed by atoms with van der Waals surface area (Å²) in [5.41, 5.74) is 2.07. The third-order valence-corrected chi connectivity index (χ3v) is 5.50. The molecule has 2 atom stereocenters. The molecule has 1 aromatic rings. The van der Waals surface area contributed by atoms with Gasteiger partial charge in [0.25, 0.3) is 5.91 Å². The Morgan fingerprint density at radius 3 is 3.23 bits per heavy atom. The predicted octanol–water partition coefficient (Wildman–Crippen LogP) is 2.33. The molecule has 0 aromatic carbocycles. The number of hydrogen-bond donors (Lipinski definition) is 0. The van der Waals surface area contributed by atoms with Crippen molar-refractivity contribution in [1.29, 1.82) is 0 Å². The first-order valence-corrected chi connectivity index (χ1v) is 9.11. The average Bonchev–Trinajstić information content (AvgIpc) is 3.05. The van der Waals surface area contributed by atoms with Gasteiger partial charge in [-0.05, 0) is 31.6 Å². The first-order valence-electron chi connectivity index (χ1n) is 8.17. The van der Waals surface area contributed by atoms with Crippen LogP contribution in [0.4, 0.5) is 0 Å². The highest BCUT2D eigenvalue weighted by atomic mass is 32.1. The van der Waals surface area contributed by atoms with Crippen LogP contribution in [0.2, 0.25) is 0 Å². The van der Waals surface area contributed by atoms with Crippen molar-refractivity contribution < 1.29 is 14.3 Å². The van der Waals surface area contributed by atoms with Gasteiger partial charge in [0.15, 0.2) is 0 Å². The molecule has 2 saturated heterocycles. The molecule has 4 rings (SSSR count). The van der Waals surface area contributed by atoms with Gasteiger partial charge in [-0.2, -0.15) is 0 Å². The fourth-order valence-electron chi connectivity index (χ4n) is 3.50. The fraction of sp³-hybridized carbons (Fsp3) is 0.750. The normalized spacial score (nSPS) is 31.8. The van der Waals surface area contributed by atoms with Gasteiger partial charge in [0, 0.05) is 25.0 Å². The molecule has 22 heavy (non-hydrogen) atoms. The van der Waals surface area contributed by atoms with Gasteiger partial charge in [-0.25, -0.2) is 4.98 Å². The molecule has 1 spiro atoms. The Balaban J connectivity index is 1.37. The summed E-state index contributed by atoms with van der Waals surface area (Å²) in [7, 11) is 0. The number of amides is 1. The van der Waals surface area contributed by atoms with E-state index in [9.17, 15) is 4.79 Å². The van der Waals surface area contributed by atoms with Crippen molar-refractivity contribution in [2.24, 2.45) is 5.92 Å². The van der Waals surface area contributed by atoms with Crippen LogP contribution >= 0.6 is 11.3 Å². The van der Waals surface area contributed by atoms with Crippen LogP contribution in [0, 0.1) is 5.92 Å². The summed E-state index contributed by atoms with van der Waals surface area (Å²) < 4.78 is 12.1. The van der Waals surface area contributed by atoms with Gasteiger partial charge in [-0.1, -0.05) is 0 Å². The lowest BCUT2D eigenvalue weighted by Gasteiger charge is -2.39. The van der Waals surface area contributed by atoms with Crippen LogP contribution < -0.4 is 0 Å². The molecule has 1 aromatic heterocycles. The summed E-state index contributed by atoms with van der Waals surface area (Å²) in [6.07, 6.45) is 5.77. The molecule has 2 aliphatic heterocycles. The first-order chi connectivity index (χ1) is 10.7. The molecule has 1 saturated carbocycles. The zero-order chi connectivity index (χ0) is 15.0. The highest BCUT2D eigenvalue weighted by molar-refractivity contribution is 7.07. The quantitative estimate of drug-likeness (QED) is 0.854. The maximum Gasteiger partial charge on any atom is 0.273 e. The molecule has 1 amide bonds. The number of thiazole rings is 1. The number of nitrogens with zero attached hydrogens (tertiary/aromatic N) is 2. The van der Waals surface area contributed by atoms with E-state index in [1.807, 2.05) is 10.3 Å². The van der Waals surface area contributed by atoms with Gasteiger partial charge in [0.05, 0.1) is 30.4 Å². The minimum absolute atomic E-state index is 0.0336. The number of likely N-dealkylation sites (tertiary alicyclic amines) is 1. The molecule has 3 fully saturated rings. The SMILES string of the molecule is O=C(c1cscn1)N1CCC[C@]2(C[C@H](OCC3CC3)CO2)C1. The zero-order valence-electron chi connectivity index (χ0n) is 12.7. The number of carbonyl (C=O) groups is 1. The smallest absolute Gasteiger partial charge is 0.273 e. The van der Waals surface area contributed by atoms with Gasteiger partial charge in [0.1, 0.15) is 5.69 Å². The van der Waals surface area contributed by atoms with Crippen molar-refractivity contribution in [2.45, 2.75) is 43.8 Å². The fourth-order valence-corrected chi connectivity index (χ4v) is 4.03. The topological polar surface area (TPSA) is 51.7 Å². The molecule has 0 radical (unpaired) electrons. The molecular weight excluding hydrogens is 300 g/mol. The third-order valence-electron chi connectivity index (χ3n) is 4.92. The maximum absolute atomic E-state index is 12.5. The van der Waals surface area contributed by atoms with E-state index in [4.69, 9.17) is 9.47 Å². The van der Waals surface area contributed by atoms with Crippen molar-refractivity contribution in [3.63, 3.8) is 0 Å². The van der Waals surface area contributed by atoms with E-state index in [1.54, 1.807) is 5.51 Å². The highest BCUT2D eigenvalue weighted by Gasteiger charge is 2.45. The molecule has 120 valence electrons. The van der Waals surface area contributed by atoms with E-state index in [2.05, 4.69) is 4.98 Å². The number of rotatable bonds is 4. The monoisotopic (exact) mass is 322 g/mol. The van der Waals surface area contributed by atoms with Crippen LogP contribution in [0.5, 0.6) is 0 Å². The summed E-state index contributed by atoms with van der Waals surface area (Å²) in [4.78, 5) is 18.5. The average molecular weight is 322 g/mol. The number of carbonyl (C=O) groups excluding carboxylic acids is 1. The van der Waals surface area contributed by atoms with Gasteiger partial charge in [-0.3, -0.25) is 4.79 Å². The van der Waals surface area contributed by atoms with E-state index >= 15 is 0 Å². The van der Waals surface area contributed by atoms with Crippen LogP contribution in [0.1, 0.15) is 42.6 Å². The minimum Gasteiger partial charge on any atom is -0.375 e. The first kappa shape index (κ1) is 14.6. The van der Waals surface area contributed by atoms with Crippen LogP contribution in [-0.2, 0) is 9.47 Å². The van der Waals surface area contributed by atoms with Gasteiger partial charge in [0.2, 0.25) is 0 Å². The van der Waals surface area contributed by atoms with Crippen LogP contribution in [0.15, 0.2) is 10.9 Å². The van der Waals surface area contributed by atoms with Gasteiger partial charge < -0.3 is 14.4 Å². The Labute approximate surface area is 134 Å². The standard InChI is InChI=1S/C16H22N2O3S/c19-15(14-9-22-11-17-14)18-5-1-4-16(10-18)6-13(8-21-16)20-7-12-2-3-12/h9,11-13H,1-8,10H2/t13-,16-/m0/s1. The van der Waals surface area contributed by atoms with Crippen molar-refractivity contribution in [3.8, 4) is 0 Å². The van der Waals surface area contributed by atoms with E-state index in [0.717, 1.165) is 38.3 Å². The van der Waals surface area contributed by atoms with E-state index in [0.29, 0.717) is 18.8 Å². The second-order valence-corrected chi connectivity index (χ2v) is 7.52. The van der Waals surface area contributed by atoms with Crippen molar-refractivity contribution in [1.82, 2.24) is 9.88 Å². The summed E-state index contributed by atoms with van der Waals surface area (Å²) in [6.45, 7) is 3.03. The Kier molecular flexibility index (Phi) is 3.92. The van der Waals surface area contributed by atoms with Gasteiger partial charge in [-0.15, -0.1) is 11.3 Å². The Morgan fingerprint density at radius 2 is 2.45 bits per heavy atom. The molecular formula is C16H22N2O3S. The van der Waals surface area contributed by atoms with Crippen molar-refractivity contribution >= 4 is 17.2 Å². The van der Waals surface area contributed by atoms with Crippen molar-refractivity contribution in [2.75, 3.05) is 26.3 Å². The summed E-state index contributed by atoms with van der Waals surface area (Å²) in [6, 6.07) is 0. The van der Waals surface area contributed by atoms with Crippen LogP contribution in [0.3, 0.4) is 0 Å². The molecule has 1 aliphatic carbocycles. The Morgan fingerprint density at radius 1 is 1.55 bits per heavy atom. The zero-order valence-corrected chi connectivity index (χ0v) is 13.5. The molecule has 3 heterocycles. The van der Waals surface area contributed by atoms with Gasteiger partial charge >= 0.3 is 0 Å². The number of ether oxygens (including phenoxy) is 2. The maximum atomic E-state index is 12.5. The summed E-state index contributed by atoms with van der Waals surface area (Å²) in [5.74, 6) is 0.817. The van der Waals surface area contributed by atoms with Crippen LogP contribution in [-0.4, -0.2) is 53.8 Å². The largest absolute Gasteiger partial charge is 0.375 e. The predicted molar refractivity (Wildman–Crippen MR) is 83.0 cm³/mol. The van der Waals surface area contributed by atoms with E-state index < -0.39 is 0 Å².